The summed E-state index contributed by atoms with van der Waals surface area (Å²) in [6, 6.07) is 8.90. The van der Waals surface area contributed by atoms with E-state index in [0.29, 0.717) is 12.2 Å². The van der Waals surface area contributed by atoms with Crippen LogP contribution in [-0.4, -0.2) is 32.2 Å². The molecule has 0 spiro atoms. The lowest BCUT2D eigenvalue weighted by molar-refractivity contribution is -0.137. The first kappa shape index (κ1) is 22.1. The van der Waals surface area contributed by atoms with Crippen molar-refractivity contribution >= 4 is 17.6 Å². The lowest BCUT2D eigenvalue weighted by Gasteiger charge is -2.15. The predicted octanol–water partition coefficient (Wildman–Crippen LogP) is 4.30. The molecule has 0 fully saturated rings. The number of benzene rings is 2. The molecule has 0 radical (unpaired) electrons. The number of esters is 1. The van der Waals surface area contributed by atoms with E-state index >= 15 is 0 Å². The van der Waals surface area contributed by atoms with Crippen LogP contribution in [0, 0.1) is 0 Å². The van der Waals surface area contributed by atoms with Crippen molar-refractivity contribution in [3.8, 4) is 11.5 Å². The predicted molar refractivity (Wildman–Crippen MR) is 99.1 cm³/mol. The minimum Gasteiger partial charge on any atom is -0.497 e. The fourth-order valence-corrected chi connectivity index (χ4v) is 2.29. The topological polar surface area (TPSA) is 73.9 Å². The van der Waals surface area contributed by atoms with E-state index in [2.05, 4.69) is 5.32 Å². The molecule has 9 heteroatoms. The second kappa shape index (κ2) is 9.81. The zero-order valence-corrected chi connectivity index (χ0v) is 15.8. The van der Waals surface area contributed by atoms with Gasteiger partial charge in [-0.05, 0) is 42.8 Å². The molecule has 1 N–H and O–H groups in total. The van der Waals surface area contributed by atoms with Crippen molar-refractivity contribution in [3.63, 3.8) is 0 Å². The Balaban J connectivity index is 2.07. The van der Waals surface area contributed by atoms with Gasteiger partial charge in [0, 0.05) is 0 Å². The molecular weight excluding hydrogens is 391 g/mol. The minimum absolute atomic E-state index is 0.0901. The fourth-order valence-electron chi connectivity index (χ4n) is 2.29. The van der Waals surface area contributed by atoms with Gasteiger partial charge in [0.05, 0.1) is 30.5 Å². The summed E-state index contributed by atoms with van der Waals surface area (Å²) in [5, 5.41) is 2.30. The number of anilines is 1. The molecule has 0 saturated carbocycles. The molecule has 29 heavy (non-hydrogen) atoms. The van der Waals surface area contributed by atoms with Gasteiger partial charge in [-0.3, -0.25) is 4.79 Å². The second-order valence-corrected chi connectivity index (χ2v) is 5.91. The van der Waals surface area contributed by atoms with Crippen LogP contribution in [0.15, 0.2) is 42.5 Å². The van der Waals surface area contributed by atoms with Gasteiger partial charge in [0.15, 0.2) is 6.61 Å². The molecule has 0 atom stereocenters. The van der Waals surface area contributed by atoms with Crippen molar-refractivity contribution in [3.05, 3.63) is 53.6 Å². The Morgan fingerprint density at radius 2 is 1.86 bits per heavy atom. The molecule has 0 aliphatic rings. The number of alkyl halides is 3. The molecule has 0 aromatic heterocycles. The number of hydrogen-bond acceptors (Lipinski definition) is 5. The Labute approximate surface area is 165 Å². The van der Waals surface area contributed by atoms with Gasteiger partial charge in [-0.1, -0.05) is 13.0 Å². The Morgan fingerprint density at radius 1 is 1.10 bits per heavy atom. The summed E-state index contributed by atoms with van der Waals surface area (Å²) in [6.07, 6.45) is -3.95. The van der Waals surface area contributed by atoms with Crippen molar-refractivity contribution in [2.24, 2.45) is 0 Å². The molecule has 0 saturated heterocycles. The third kappa shape index (κ3) is 6.41. The van der Waals surface area contributed by atoms with Gasteiger partial charge < -0.3 is 19.5 Å². The fraction of sp³-hybridized carbons (Fsp3) is 0.300. The summed E-state index contributed by atoms with van der Waals surface area (Å²) < 4.78 is 54.2. The number of ether oxygens (including phenoxy) is 3. The Bertz CT molecular complexity index is 867. The SMILES string of the molecule is CCCOc1ccc(C(F)(F)F)cc1NC(=O)COC(=O)c1cccc(OC)c1. The number of methoxy groups -OCH3 is 1. The maximum Gasteiger partial charge on any atom is 0.416 e. The average molecular weight is 411 g/mol. The summed E-state index contributed by atoms with van der Waals surface area (Å²) >= 11 is 0. The van der Waals surface area contributed by atoms with E-state index in [1.165, 1.54) is 19.2 Å². The van der Waals surface area contributed by atoms with Gasteiger partial charge in [-0.2, -0.15) is 13.2 Å². The van der Waals surface area contributed by atoms with Crippen molar-refractivity contribution in [2.45, 2.75) is 19.5 Å². The summed E-state index contributed by atoms with van der Waals surface area (Å²) in [4.78, 5) is 24.1. The van der Waals surface area contributed by atoms with E-state index in [1.54, 1.807) is 12.1 Å². The van der Waals surface area contributed by atoms with Crippen LogP contribution >= 0.6 is 0 Å². The molecule has 156 valence electrons. The Morgan fingerprint density at radius 3 is 2.52 bits per heavy atom. The van der Waals surface area contributed by atoms with E-state index in [1.807, 2.05) is 6.92 Å². The van der Waals surface area contributed by atoms with Crippen LogP contribution in [0.2, 0.25) is 0 Å². The van der Waals surface area contributed by atoms with Crippen molar-refractivity contribution < 1.29 is 37.0 Å². The highest BCUT2D eigenvalue weighted by molar-refractivity contribution is 5.96. The monoisotopic (exact) mass is 411 g/mol. The van der Waals surface area contributed by atoms with Gasteiger partial charge in [-0.25, -0.2) is 4.79 Å². The quantitative estimate of drug-likeness (QED) is 0.656. The number of nitrogens with one attached hydrogen (secondary N) is 1. The number of halogens is 3. The van der Waals surface area contributed by atoms with Gasteiger partial charge in [0.25, 0.3) is 5.91 Å². The number of amides is 1. The van der Waals surface area contributed by atoms with E-state index < -0.39 is 30.2 Å². The van der Waals surface area contributed by atoms with Gasteiger partial charge >= 0.3 is 12.1 Å². The van der Waals surface area contributed by atoms with Crippen LogP contribution in [0.5, 0.6) is 11.5 Å². The summed E-state index contributed by atoms with van der Waals surface area (Å²) in [6.45, 7) is 1.42. The van der Waals surface area contributed by atoms with Gasteiger partial charge in [0.2, 0.25) is 0 Å². The Hall–Kier alpha value is -3.23. The molecular formula is C20H20F3NO5. The summed E-state index contributed by atoms with van der Waals surface area (Å²) in [5.41, 5.74) is -0.927. The van der Waals surface area contributed by atoms with E-state index in [0.717, 1.165) is 18.2 Å². The normalized spacial score (nSPS) is 10.9. The van der Waals surface area contributed by atoms with Crippen molar-refractivity contribution in [1.29, 1.82) is 0 Å². The first-order valence-electron chi connectivity index (χ1n) is 8.69. The third-order valence-corrected chi connectivity index (χ3v) is 3.68. The number of carbonyl (C=O) groups is 2. The molecule has 1 amide bonds. The average Bonchev–Trinajstić information content (AvgIpc) is 2.70. The zero-order chi connectivity index (χ0) is 21.4. The molecule has 0 heterocycles. The molecule has 0 aliphatic carbocycles. The minimum atomic E-state index is -4.58. The standard InChI is InChI=1S/C20H20F3NO5/c1-3-9-28-17-8-7-14(20(21,22)23)11-16(17)24-18(25)12-29-19(26)13-5-4-6-15(10-13)27-2/h4-8,10-11H,3,9,12H2,1-2H3,(H,24,25). The highest BCUT2D eigenvalue weighted by Gasteiger charge is 2.31. The largest absolute Gasteiger partial charge is 0.497 e. The van der Waals surface area contributed by atoms with E-state index in [4.69, 9.17) is 14.2 Å². The first-order chi connectivity index (χ1) is 13.7. The van der Waals surface area contributed by atoms with E-state index in [9.17, 15) is 22.8 Å². The van der Waals surface area contributed by atoms with Crippen LogP contribution in [0.1, 0.15) is 29.3 Å². The van der Waals surface area contributed by atoms with Crippen LogP contribution in [0.4, 0.5) is 18.9 Å². The molecule has 2 rings (SSSR count). The van der Waals surface area contributed by atoms with Gasteiger partial charge in [-0.15, -0.1) is 0 Å². The smallest absolute Gasteiger partial charge is 0.416 e. The Kier molecular flexibility index (Phi) is 7.46. The van der Waals surface area contributed by atoms with Crippen LogP contribution in [0.3, 0.4) is 0 Å². The zero-order valence-electron chi connectivity index (χ0n) is 15.8. The van der Waals surface area contributed by atoms with Crippen LogP contribution < -0.4 is 14.8 Å². The molecule has 0 unspecified atom stereocenters. The number of hydrogen-bond donors (Lipinski definition) is 1. The highest BCUT2D eigenvalue weighted by atomic mass is 19.4. The number of rotatable bonds is 8. The third-order valence-electron chi connectivity index (χ3n) is 3.68. The van der Waals surface area contributed by atoms with E-state index in [-0.39, 0.29) is 23.6 Å². The lowest BCUT2D eigenvalue weighted by Crippen LogP contribution is -2.21. The van der Waals surface area contributed by atoms with Crippen LogP contribution in [0.25, 0.3) is 0 Å². The maximum absolute atomic E-state index is 13.0. The van der Waals surface area contributed by atoms with Crippen molar-refractivity contribution in [1.82, 2.24) is 0 Å². The molecule has 0 aliphatic heterocycles. The highest BCUT2D eigenvalue weighted by Crippen LogP contribution is 2.35. The second-order valence-electron chi connectivity index (χ2n) is 5.91. The maximum atomic E-state index is 13.0. The van der Waals surface area contributed by atoms with Gasteiger partial charge in [0.1, 0.15) is 11.5 Å². The number of carbonyl (C=O) groups excluding carboxylic acids is 2. The summed E-state index contributed by atoms with van der Waals surface area (Å²) in [5.74, 6) is -1.05. The lowest BCUT2D eigenvalue weighted by atomic mass is 10.1. The first-order valence-corrected chi connectivity index (χ1v) is 8.69. The molecule has 0 bridgehead atoms. The molecule has 2 aromatic rings. The van der Waals surface area contributed by atoms with Crippen LogP contribution in [-0.2, 0) is 15.7 Å². The van der Waals surface area contributed by atoms with Crippen molar-refractivity contribution in [2.75, 3.05) is 25.6 Å². The molecule has 2 aromatic carbocycles. The summed E-state index contributed by atoms with van der Waals surface area (Å²) in [7, 11) is 1.44. The molecule has 6 nitrogen and oxygen atoms in total.